The number of pyridine rings is 1. The van der Waals surface area contributed by atoms with Crippen LogP contribution in [0.15, 0.2) is 42.6 Å². The molecule has 1 unspecified atom stereocenters. The van der Waals surface area contributed by atoms with E-state index in [2.05, 4.69) is 25.5 Å². The Morgan fingerprint density at radius 1 is 1.21 bits per heavy atom. The summed E-state index contributed by atoms with van der Waals surface area (Å²) in [5.41, 5.74) is 1.02. The zero-order valence-corrected chi connectivity index (χ0v) is 17.6. The minimum absolute atomic E-state index is 0.0390. The molecule has 8 nitrogen and oxygen atoms in total. The van der Waals surface area contributed by atoms with Gasteiger partial charge in [-0.25, -0.2) is 13.8 Å². The van der Waals surface area contributed by atoms with E-state index in [1.807, 2.05) is 6.92 Å². The van der Waals surface area contributed by atoms with E-state index in [4.69, 9.17) is 0 Å². The number of likely N-dealkylation sites (tertiary alicyclic amines) is 1. The van der Waals surface area contributed by atoms with Crippen molar-refractivity contribution in [2.24, 2.45) is 0 Å². The lowest BCUT2D eigenvalue weighted by Crippen LogP contribution is -2.26. The lowest BCUT2D eigenvalue weighted by atomic mass is 10.0. The number of H-pyrrole nitrogens is 1. The first-order valence-electron chi connectivity index (χ1n) is 10.5. The molecule has 0 spiro atoms. The molecule has 4 heterocycles. The topological polar surface area (TPSA) is 107 Å². The first-order valence-corrected chi connectivity index (χ1v) is 10.5. The molecule has 0 aliphatic carbocycles. The van der Waals surface area contributed by atoms with E-state index in [1.54, 1.807) is 17.0 Å². The number of rotatable bonds is 5. The summed E-state index contributed by atoms with van der Waals surface area (Å²) >= 11 is 0. The zero-order chi connectivity index (χ0) is 23.1. The van der Waals surface area contributed by atoms with Crippen molar-refractivity contribution in [3.05, 3.63) is 59.9 Å². The number of aromatic hydroxyl groups is 1. The molecular formula is C23H20F2N6O2. The van der Waals surface area contributed by atoms with E-state index in [-0.39, 0.29) is 29.0 Å². The number of amides is 1. The molecule has 0 radical (unpaired) electrons. The number of hydrogen-bond acceptors (Lipinski definition) is 6. The highest BCUT2D eigenvalue weighted by Crippen LogP contribution is 2.36. The van der Waals surface area contributed by atoms with E-state index >= 15 is 0 Å². The summed E-state index contributed by atoms with van der Waals surface area (Å²) in [5.74, 6) is -1.59. The second kappa shape index (κ2) is 8.12. The maximum atomic E-state index is 14.4. The molecule has 1 saturated heterocycles. The second-order valence-electron chi connectivity index (χ2n) is 7.78. The van der Waals surface area contributed by atoms with Gasteiger partial charge in [0.25, 0.3) is 0 Å². The summed E-state index contributed by atoms with van der Waals surface area (Å²) in [7, 11) is 0. The number of likely N-dealkylation sites (N-methyl/N-ethyl adjacent to an activating group) is 1. The molecule has 4 aromatic rings. The van der Waals surface area contributed by atoms with Gasteiger partial charge in [-0.1, -0.05) is 6.07 Å². The fourth-order valence-electron chi connectivity index (χ4n) is 4.16. The van der Waals surface area contributed by atoms with E-state index in [0.717, 1.165) is 12.1 Å². The lowest BCUT2D eigenvalue weighted by molar-refractivity contribution is -0.128. The average Bonchev–Trinajstić information content (AvgIpc) is 3.36. The molecular weight excluding hydrogens is 430 g/mol. The predicted molar refractivity (Wildman–Crippen MR) is 118 cm³/mol. The van der Waals surface area contributed by atoms with Crippen LogP contribution >= 0.6 is 0 Å². The van der Waals surface area contributed by atoms with Crippen molar-refractivity contribution in [3.8, 4) is 17.1 Å². The highest BCUT2D eigenvalue weighted by atomic mass is 19.1. The van der Waals surface area contributed by atoms with Gasteiger partial charge < -0.3 is 20.3 Å². The summed E-state index contributed by atoms with van der Waals surface area (Å²) < 4.78 is 28.7. The number of carbonyl (C=O) groups excluding carboxylic acids is 1. The van der Waals surface area contributed by atoms with Gasteiger partial charge in [0.2, 0.25) is 5.91 Å². The molecule has 1 amide bonds. The van der Waals surface area contributed by atoms with Gasteiger partial charge in [-0.15, -0.1) is 5.10 Å². The molecule has 1 aliphatic rings. The van der Waals surface area contributed by atoms with Crippen LogP contribution in [-0.2, 0) is 4.79 Å². The molecule has 1 aromatic carbocycles. The van der Waals surface area contributed by atoms with Crippen LogP contribution in [-0.4, -0.2) is 49.2 Å². The molecule has 1 fully saturated rings. The minimum atomic E-state index is -0.751. The van der Waals surface area contributed by atoms with Crippen LogP contribution in [0.25, 0.3) is 22.2 Å². The number of nitrogens with zero attached hydrogens (tertiary/aromatic N) is 4. The molecule has 168 valence electrons. The molecule has 0 saturated carbocycles. The Morgan fingerprint density at radius 3 is 2.67 bits per heavy atom. The molecule has 0 bridgehead atoms. The normalized spacial score (nSPS) is 16.0. The third kappa shape index (κ3) is 3.63. The van der Waals surface area contributed by atoms with Crippen molar-refractivity contribution in [3.63, 3.8) is 0 Å². The van der Waals surface area contributed by atoms with Gasteiger partial charge in [-0.05, 0) is 43.7 Å². The molecule has 10 heteroatoms. The smallest absolute Gasteiger partial charge is 0.231 e. The van der Waals surface area contributed by atoms with Crippen molar-refractivity contribution < 1.29 is 18.7 Å². The SMILES string of the molecule is CCN1CCC(c2ccc(Nc3cc(-c4c(F)cccc4F)nc4c[nH]c(O)c34)nn2)C1=O. The number of carbonyl (C=O) groups is 1. The monoisotopic (exact) mass is 450 g/mol. The number of hydrogen-bond donors (Lipinski definition) is 3. The molecule has 3 aromatic heterocycles. The number of halogens is 2. The van der Waals surface area contributed by atoms with Crippen LogP contribution in [0.1, 0.15) is 25.0 Å². The lowest BCUT2D eigenvalue weighted by Gasteiger charge is -2.13. The van der Waals surface area contributed by atoms with Gasteiger partial charge >= 0.3 is 0 Å². The Labute approximate surface area is 187 Å². The van der Waals surface area contributed by atoms with Crippen LogP contribution in [0.3, 0.4) is 0 Å². The van der Waals surface area contributed by atoms with Crippen LogP contribution < -0.4 is 5.32 Å². The van der Waals surface area contributed by atoms with Gasteiger partial charge in [-0.3, -0.25) is 4.79 Å². The Hall–Kier alpha value is -4.08. The molecule has 5 rings (SSSR count). The quantitative estimate of drug-likeness (QED) is 0.423. The second-order valence-corrected chi connectivity index (χ2v) is 7.78. The zero-order valence-electron chi connectivity index (χ0n) is 17.6. The van der Waals surface area contributed by atoms with E-state index in [1.165, 1.54) is 18.3 Å². The van der Waals surface area contributed by atoms with Gasteiger partial charge in [0.1, 0.15) is 11.6 Å². The van der Waals surface area contributed by atoms with Gasteiger partial charge in [0.15, 0.2) is 11.7 Å². The third-order valence-electron chi connectivity index (χ3n) is 5.83. The number of nitrogens with one attached hydrogen (secondary N) is 2. The van der Waals surface area contributed by atoms with Crippen molar-refractivity contribution in [1.29, 1.82) is 0 Å². The highest BCUT2D eigenvalue weighted by molar-refractivity contribution is 5.99. The summed E-state index contributed by atoms with van der Waals surface area (Å²) in [6.07, 6.45) is 2.13. The average molecular weight is 450 g/mol. The summed E-state index contributed by atoms with van der Waals surface area (Å²) in [5, 5.41) is 22.0. The largest absolute Gasteiger partial charge is 0.494 e. The molecule has 1 aliphatic heterocycles. The maximum Gasteiger partial charge on any atom is 0.231 e. The highest BCUT2D eigenvalue weighted by Gasteiger charge is 2.33. The molecule has 33 heavy (non-hydrogen) atoms. The van der Waals surface area contributed by atoms with Crippen LogP contribution in [0.4, 0.5) is 20.3 Å². The van der Waals surface area contributed by atoms with Crippen molar-refractivity contribution >= 4 is 28.3 Å². The van der Waals surface area contributed by atoms with Crippen LogP contribution in [0.2, 0.25) is 0 Å². The number of aromatic amines is 1. The number of aromatic nitrogens is 4. The van der Waals surface area contributed by atoms with Crippen LogP contribution in [0, 0.1) is 11.6 Å². The predicted octanol–water partition coefficient (Wildman–Crippen LogP) is 4.08. The Bertz CT molecular complexity index is 1340. The Balaban J connectivity index is 1.50. The number of benzene rings is 1. The van der Waals surface area contributed by atoms with Gasteiger partial charge in [0, 0.05) is 19.3 Å². The summed E-state index contributed by atoms with van der Waals surface area (Å²) in [4.78, 5) is 21.2. The molecule has 1 atom stereocenters. The minimum Gasteiger partial charge on any atom is -0.494 e. The maximum absolute atomic E-state index is 14.4. The van der Waals surface area contributed by atoms with Gasteiger partial charge in [0.05, 0.1) is 39.5 Å². The number of fused-ring (bicyclic) bond motifs is 1. The van der Waals surface area contributed by atoms with Crippen molar-refractivity contribution in [2.45, 2.75) is 19.3 Å². The summed E-state index contributed by atoms with van der Waals surface area (Å²) in [6.45, 7) is 3.29. The van der Waals surface area contributed by atoms with Crippen LogP contribution in [0.5, 0.6) is 5.88 Å². The fraction of sp³-hybridized carbons (Fsp3) is 0.217. The van der Waals surface area contributed by atoms with E-state index in [0.29, 0.717) is 47.6 Å². The first kappa shape index (κ1) is 20.8. The van der Waals surface area contributed by atoms with E-state index < -0.39 is 11.6 Å². The Kier molecular flexibility index (Phi) is 5.12. The fourth-order valence-corrected chi connectivity index (χ4v) is 4.16. The standard InChI is InChI=1S/C23H20F2N6O2/c1-2-31-9-8-12(23(31)33)15-6-7-19(30-29-15)28-17-10-16(20-13(24)4-3-5-14(20)25)27-18-11-26-22(32)21(17)18/h3-7,10-12,26,32H,2,8-9H2,1H3,(H,28,30). The van der Waals surface area contributed by atoms with Crippen molar-refractivity contribution in [2.75, 3.05) is 18.4 Å². The first-order chi connectivity index (χ1) is 16.0. The third-order valence-corrected chi connectivity index (χ3v) is 5.83. The van der Waals surface area contributed by atoms with E-state index in [9.17, 15) is 18.7 Å². The number of anilines is 2. The van der Waals surface area contributed by atoms with Crippen molar-refractivity contribution in [1.82, 2.24) is 25.1 Å². The molecule has 3 N–H and O–H groups in total. The van der Waals surface area contributed by atoms with Gasteiger partial charge in [-0.2, -0.15) is 5.10 Å². The Morgan fingerprint density at radius 2 is 2.00 bits per heavy atom. The summed E-state index contributed by atoms with van der Waals surface area (Å²) in [6, 6.07) is 8.42.